The maximum absolute atomic E-state index is 13.9. The Kier molecular flexibility index (Phi) is 10.8. The third kappa shape index (κ3) is 8.85. The Morgan fingerprint density at radius 2 is 1.29 bits per heavy atom. The molecule has 0 saturated carbocycles. The highest BCUT2D eigenvalue weighted by Crippen LogP contribution is 2.20. The van der Waals surface area contributed by atoms with Gasteiger partial charge in [-0.1, -0.05) is 78.3 Å². The van der Waals surface area contributed by atoms with E-state index in [2.05, 4.69) is 5.32 Å². The summed E-state index contributed by atoms with van der Waals surface area (Å²) in [5, 5.41) is 3.70. The van der Waals surface area contributed by atoms with Crippen LogP contribution in [0.4, 0.5) is 0 Å². The number of carbonyl (C=O) groups is 2. The van der Waals surface area contributed by atoms with Crippen LogP contribution in [0.5, 0.6) is 11.5 Å². The number of amides is 2. The molecular formula is C34H35ClN2O4. The first kappa shape index (κ1) is 29.7. The van der Waals surface area contributed by atoms with Gasteiger partial charge in [-0.25, -0.2) is 0 Å². The van der Waals surface area contributed by atoms with Gasteiger partial charge in [0.1, 0.15) is 17.5 Å². The summed E-state index contributed by atoms with van der Waals surface area (Å²) in [5.74, 6) is 1.17. The SMILES string of the molecule is COc1ccc(CCNC(=O)C(Cc2ccccc2)N(Cc2ccc(OC)cc2)C(=O)Cc2ccc(Cl)cc2)cc1. The number of nitrogens with one attached hydrogen (secondary N) is 1. The zero-order chi connectivity index (χ0) is 29.0. The second kappa shape index (κ2) is 14.9. The van der Waals surface area contributed by atoms with Crippen LogP contribution in [0.25, 0.3) is 0 Å². The second-order valence-corrected chi connectivity index (χ2v) is 10.2. The molecule has 41 heavy (non-hydrogen) atoms. The molecule has 6 nitrogen and oxygen atoms in total. The predicted molar refractivity (Wildman–Crippen MR) is 162 cm³/mol. The van der Waals surface area contributed by atoms with Gasteiger partial charge in [-0.2, -0.15) is 0 Å². The molecule has 2 amide bonds. The molecule has 0 bridgehead atoms. The van der Waals surface area contributed by atoms with Gasteiger partial charge >= 0.3 is 0 Å². The lowest BCUT2D eigenvalue weighted by atomic mass is 10.0. The van der Waals surface area contributed by atoms with Crippen LogP contribution in [-0.2, 0) is 35.4 Å². The van der Waals surface area contributed by atoms with Gasteiger partial charge in [-0.05, 0) is 65.1 Å². The largest absolute Gasteiger partial charge is 0.497 e. The highest BCUT2D eigenvalue weighted by atomic mass is 35.5. The van der Waals surface area contributed by atoms with Crippen molar-refractivity contribution < 1.29 is 19.1 Å². The molecular weight excluding hydrogens is 536 g/mol. The molecule has 0 aliphatic rings. The fourth-order valence-corrected chi connectivity index (χ4v) is 4.73. The van der Waals surface area contributed by atoms with E-state index in [-0.39, 0.29) is 24.8 Å². The lowest BCUT2D eigenvalue weighted by Crippen LogP contribution is -2.51. The molecule has 1 unspecified atom stereocenters. The normalized spacial score (nSPS) is 11.4. The molecule has 7 heteroatoms. The fraction of sp³-hybridized carbons (Fsp3) is 0.235. The Hall–Kier alpha value is -4.29. The fourth-order valence-electron chi connectivity index (χ4n) is 4.60. The highest BCUT2D eigenvalue weighted by Gasteiger charge is 2.30. The number of methoxy groups -OCH3 is 2. The van der Waals surface area contributed by atoms with Crippen LogP contribution in [0.1, 0.15) is 22.3 Å². The Balaban J connectivity index is 1.58. The molecule has 0 aliphatic carbocycles. The molecule has 0 aromatic heterocycles. The molecule has 212 valence electrons. The molecule has 4 aromatic carbocycles. The van der Waals surface area contributed by atoms with E-state index in [0.29, 0.717) is 24.4 Å². The third-order valence-corrected chi connectivity index (χ3v) is 7.18. The summed E-state index contributed by atoms with van der Waals surface area (Å²) < 4.78 is 10.5. The number of nitrogens with zero attached hydrogens (tertiary/aromatic N) is 1. The van der Waals surface area contributed by atoms with Crippen molar-refractivity contribution in [1.82, 2.24) is 10.2 Å². The Bertz CT molecular complexity index is 1390. The predicted octanol–water partition coefficient (Wildman–Crippen LogP) is 5.90. The molecule has 0 radical (unpaired) electrons. The molecule has 0 saturated heterocycles. The minimum Gasteiger partial charge on any atom is -0.497 e. The van der Waals surface area contributed by atoms with Crippen molar-refractivity contribution in [3.63, 3.8) is 0 Å². The molecule has 4 rings (SSSR count). The van der Waals surface area contributed by atoms with Gasteiger partial charge in [0.25, 0.3) is 0 Å². The second-order valence-electron chi connectivity index (χ2n) is 9.77. The van der Waals surface area contributed by atoms with Crippen LogP contribution in [0, 0.1) is 0 Å². The number of benzene rings is 4. The van der Waals surface area contributed by atoms with Crippen molar-refractivity contribution >= 4 is 23.4 Å². The summed E-state index contributed by atoms with van der Waals surface area (Å²) >= 11 is 6.07. The first-order chi connectivity index (χ1) is 19.9. The van der Waals surface area contributed by atoms with Gasteiger partial charge in [0.05, 0.1) is 20.6 Å². The molecule has 0 aliphatic heterocycles. The van der Waals surface area contributed by atoms with Gasteiger partial charge < -0.3 is 19.7 Å². The van der Waals surface area contributed by atoms with E-state index >= 15 is 0 Å². The van der Waals surface area contributed by atoms with E-state index in [1.807, 2.05) is 91.0 Å². The molecule has 0 heterocycles. The van der Waals surface area contributed by atoms with E-state index in [4.69, 9.17) is 21.1 Å². The average molecular weight is 571 g/mol. The number of carbonyl (C=O) groups excluding carboxylic acids is 2. The quantitative estimate of drug-likeness (QED) is 0.217. The van der Waals surface area contributed by atoms with Crippen LogP contribution >= 0.6 is 11.6 Å². The van der Waals surface area contributed by atoms with Gasteiger partial charge in [-0.3, -0.25) is 9.59 Å². The summed E-state index contributed by atoms with van der Waals surface area (Å²) in [6, 6.07) is 31.6. The summed E-state index contributed by atoms with van der Waals surface area (Å²) in [6.07, 6.45) is 1.19. The first-order valence-electron chi connectivity index (χ1n) is 13.6. The van der Waals surface area contributed by atoms with Crippen LogP contribution in [0.3, 0.4) is 0 Å². The Morgan fingerprint density at radius 1 is 0.732 bits per heavy atom. The maximum Gasteiger partial charge on any atom is 0.243 e. The van der Waals surface area contributed by atoms with Crippen molar-refractivity contribution in [2.24, 2.45) is 0 Å². The smallest absolute Gasteiger partial charge is 0.243 e. The number of hydrogen-bond acceptors (Lipinski definition) is 4. The summed E-state index contributed by atoms with van der Waals surface area (Å²) in [4.78, 5) is 29.4. The van der Waals surface area contributed by atoms with Gasteiger partial charge in [0.2, 0.25) is 11.8 Å². The van der Waals surface area contributed by atoms with E-state index in [1.54, 1.807) is 31.3 Å². The number of rotatable bonds is 13. The Labute approximate surface area is 246 Å². The van der Waals surface area contributed by atoms with E-state index in [0.717, 1.165) is 33.8 Å². The molecule has 1 N–H and O–H groups in total. The molecule has 0 fully saturated rings. The summed E-state index contributed by atoms with van der Waals surface area (Å²) in [6.45, 7) is 0.720. The van der Waals surface area contributed by atoms with Gasteiger partial charge in [0, 0.05) is 24.5 Å². The van der Waals surface area contributed by atoms with E-state index in [9.17, 15) is 9.59 Å². The van der Waals surface area contributed by atoms with Gasteiger partial charge in [-0.15, -0.1) is 0 Å². The average Bonchev–Trinajstić information content (AvgIpc) is 3.01. The van der Waals surface area contributed by atoms with Crippen LogP contribution in [0.15, 0.2) is 103 Å². The lowest BCUT2D eigenvalue weighted by Gasteiger charge is -2.32. The van der Waals surface area contributed by atoms with Crippen molar-refractivity contribution in [2.45, 2.75) is 31.8 Å². The van der Waals surface area contributed by atoms with Crippen molar-refractivity contribution in [2.75, 3.05) is 20.8 Å². The van der Waals surface area contributed by atoms with Crippen molar-refractivity contribution in [3.8, 4) is 11.5 Å². The maximum atomic E-state index is 13.9. The van der Waals surface area contributed by atoms with Gasteiger partial charge in [0.15, 0.2) is 0 Å². The first-order valence-corrected chi connectivity index (χ1v) is 13.9. The standard InChI is InChI=1S/C34H35ClN2O4/c1-40-30-16-10-25(11-17-30)20-21-36-34(39)32(22-26-6-4-3-5-7-26)37(24-28-12-18-31(41-2)19-13-28)33(38)23-27-8-14-29(35)15-9-27/h3-19,32H,20-24H2,1-2H3,(H,36,39). The summed E-state index contributed by atoms with van der Waals surface area (Å²) in [5.41, 5.74) is 3.79. The third-order valence-electron chi connectivity index (χ3n) is 6.92. The van der Waals surface area contributed by atoms with Crippen LogP contribution in [-0.4, -0.2) is 43.5 Å². The zero-order valence-electron chi connectivity index (χ0n) is 23.4. The number of halogens is 1. The number of ether oxygens (including phenoxy) is 2. The molecule has 1 atom stereocenters. The highest BCUT2D eigenvalue weighted by molar-refractivity contribution is 6.30. The number of hydrogen-bond donors (Lipinski definition) is 1. The van der Waals surface area contributed by atoms with E-state index in [1.165, 1.54) is 0 Å². The zero-order valence-corrected chi connectivity index (χ0v) is 24.1. The van der Waals surface area contributed by atoms with Crippen LogP contribution in [0.2, 0.25) is 5.02 Å². The molecule has 0 spiro atoms. The topological polar surface area (TPSA) is 67.9 Å². The monoisotopic (exact) mass is 570 g/mol. The van der Waals surface area contributed by atoms with Crippen molar-refractivity contribution in [1.29, 1.82) is 0 Å². The molecule has 4 aromatic rings. The van der Waals surface area contributed by atoms with Crippen LogP contribution < -0.4 is 14.8 Å². The Morgan fingerprint density at radius 3 is 1.88 bits per heavy atom. The minimum atomic E-state index is -0.713. The summed E-state index contributed by atoms with van der Waals surface area (Å²) in [7, 11) is 3.25. The minimum absolute atomic E-state index is 0.144. The van der Waals surface area contributed by atoms with E-state index < -0.39 is 6.04 Å². The lowest BCUT2D eigenvalue weighted by molar-refractivity contribution is -0.140. The van der Waals surface area contributed by atoms with Crippen molar-refractivity contribution in [3.05, 3.63) is 130 Å².